The number of benzene rings is 3. The lowest BCUT2D eigenvalue weighted by Crippen LogP contribution is -2.06. The molecule has 0 atom stereocenters. The van der Waals surface area contributed by atoms with Crippen molar-refractivity contribution in [2.45, 2.75) is 24.3 Å². The molecule has 5 nitrogen and oxygen atoms in total. The first kappa shape index (κ1) is 20.9. The van der Waals surface area contributed by atoms with Crippen molar-refractivity contribution in [3.63, 3.8) is 0 Å². The Morgan fingerprint density at radius 3 is 2.39 bits per heavy atom. The number of hydrogen-bond acceptors (Lipinski definition) is 5. The second kappa shape index (κ2) is 9.62. The van der Waals surface area contributed by atoms with Crippen LogP contribution in [0, 0.1) is 6.92 Å². The first-order valence-electron chi connectivity index (χ1n) is 10.00. The molecule has 4 aromatic rings. The van der Waals surface area contributed by atoms with E-state index in [1.54, 1.807) is 17.8 Å². The fourth-order valence-corrected chi connectivity index (χ4v) is 4.31. The molecular weight excluding hydrogens is 406 g/mol. The maximum Gasteiger partial charge on any atom is 0.338 e. The van der Waals surface area contributed by atoms with E-state index in [4.69, 9.17) is 4.74 Å². The summed E-state index contributed by atoms with van der Waals surface area (Å²) in [5.41, 5.74) is 4.87. The minimum Gasteiger partial charge on any atom is -0.465 e. The number of esters is 1. The van der Waals surface area contributed by atoms with Gasteiger partial charge in [-0.2, -0.15) is 0 Å². The van der Waals surface area contributed by atoms with Crippen LogP contribution in [0.1, 0.15) is 32.9 Å². The summed E-state index contributed by atoms with van der Waals surface area (Å²) in [7, 11) is 1.40. The third-order valence-corrected chi connectivity index (χ3v) is 5.95. The van der Waals surface area contributed by atoms with Crippen LogP contribution >= 0.6 is 11.8 Å². The Kier molecular flexibility index (Phi) is 6.48. The summed E-state index contributed by atoms with van der Waals surface area (Å²) in [6, 6.07) is 26.1. The maximum absolute atomic E-state index is 12.1. The fourth-order valence-electron chi connectivity index (χ4n) is 3.34. The van der Waals surface area contributed by atoms with Crippen molar-refractivity contribution in [2.75, 3.05) is 7.11 Å². The number of nitrogens with zero attached hydrogens (tertiary/aromatic N) is 3. The number of methoxy groups -OCH3 is 1. The largest absolute Gasteiger partial charge is 0.465 e. The number of carbonyl (C=O) groups is 1. The van der Waals surface area contributed by atoms with Crippen molar-refractivity contribution in [3.05, 3.63) is 107 Å². The van der Waals surface area contributed by atoms with E-state index in [2.05, 4.69) is 58.1 Å². The van der Waals surface area contributed by atoms with Crippen molar-refractivity contribution in [3.8, 4) is 5.69 Å². The van der Waals surface area contributed by atoms with Crippen LogP contribution in [-0.4, -0.2) is 27.8 Å². The molecule has 0 spiro atoms. The maximum atomic E-state index is 12.1. The quantitative estimate of drug-likeness (QED) is 0.297. The van der Waals surface area contributed by atoms with Crippen LogP contribution < -0.4 is 0 Å². The lowest BCUT2D eigenvalue weighted by Gasteiger charge is -2.12. The lowest BCUT2D eigenvalue weighted by atomic mass is 10.1. The molecule has 0 saturated heterocycles. The summed E-state index contributed by atoms with van der Waals surface area (Å²) in [4.78, 5) is 12.1. The Labute approximate surface area is 186 Å². The predicted octanol–water partition coefficient (Wildman–Crippen LogP) is 5.25. The smallest absolute Gasteiger partial charge is 0.338 e. The Morgan fingerprint density at radius 2 is 1.65 bits per heavy atom. The molecule has 0 radical (unpaired) electrons. The zero-order valence-corrected chi connectivity index (χ0v) is 18.3. The van der Waals surface area contributed by atoms with E-state index in [9.17, 15) is 4.79 Å². The molecule has 31 heavy (non-hydrogen) atoms. The molecule has 0 amide bonds. The van der Waals surface area contributed by atoms with Gasteiger partial charge >= 0.3 is 5.97 Å². The molecule has 3 aromatic carbocycles. The minimum atomic E-state index is -0.332. The average Bonchev–Trinajstić information content (AvgIpc) is 3.20. The number of thioether (sulfide) groups is 1. The molecule has 0 aliphatic rings. The van der Waals surface area contributed by atoms with E-state index in [0.717, 1.165) is 22.2 Å². The van der Waals surface area contributed by atoms with Crippen molar-refractivity contribution < 1.29 is 9.53 Å². The summed E-state index contributed by atoms with van der Waals surface area (Å²) in [5.74, 6) is 1.13. The van der Waals surface area contributed by atoms with E-state index in [0.29, 0.717) is 17.7 Å². The fraction of sp³-hybridized carbons (Fsp3) is 0.160. The summed E-state index contributed by atoms with van der Waals surface area (Å²) in [6.07, 6.45) is 0.682. The topological polar surface area (TPSA) is 57.0 Å². The zero-order chi connectivity index (χ0) is 21.6. The molecule has 0 unspecified atom stereocenters. The van der Waals surface area contributed by atoms with E-state index < -0.39 is 0 Å². The lowest BCUT2D eigenvalue weighted by molar-refractivity contribution is 0.0600. The summed E-state index contributed by atoms with van der Waals surface area (Å²) in [5, 5.41) is 9.76. The number of carbonyl (C=O) groups excluding carboxylic acids is 1. The summed E-state index contributed by atoms with van der Waals surface area (Å²) < 4.78 is 7.02. The molecule has 0 bridgehead atoms. The summed E-state index contributed by atoms with van der Waals surface area (Å²) >= 11 is 1.55. The van der Waals surface area contributed by atoms with Crippen LogP contribution in [0.3, 0.4) is 0 Å². The van der Waals surface area contributed by atoms with Crippen molar-refractivity contribution in [2.24, 2.45) is 0 Å². The second-order valence-electron chi connectivity index (χ2n) is 7.17. The van der Waals surface area contributed by atoms with Crippen molar-refractivity contribution in [1.82, 2.24) is 14.8 Å². The van der Waals surface area contributed by atoms with Gasteiger partial charge in [0.1, 0.15) is 5.82 Å². The Bertz CT molecular complexity index is 1170. The van der Waals surface area contributed by atoms with Crippen molar-refractivity contribution >= 4 is 17.7 Å². The molecule has 0 aliphatic heterocycles. The van der Waals surface area contributed by atoms with Crippen LogP contribution in [0.2, 0.25) is 0 Å². The van der Waals surface area contributed by atoms with Crippen LogP contribution in [0.15, 0.2) is 84.0 Å². The molecule has 4 rings (SSSR count). The van der Waals surface area contributed by atoms with Gasteiger partial charge in [-0.1, -0.05) is 78.0 Å². The molecule has 1 aromatic heterocycles. The number of aryl methyl sites for hydroxylation is 1. The van der Waals surface area contributed by atoms with E-state index in [1.165, 1.54) is 18.2 Å². The molecule has 1 heterocycles. The van der Waals surface area contributed by atoms with Crippen LogP contribution in [0.4, 0.5) is 0 Å². The average molecular weight is 430 g/mol. The molecule has 0 N–H and O–H groups in total. The highest BCUT2D eigenvalue weighted by Crippen LogP contribution is 2.28. The number of hydrogen-bond donors (Lipinski definition) is 0. The van der Waals surface area contributed by atoms with Crippen molar-refractivity contribution in [1.29, 1.82) is 0 Å². The van der Waals surface area contributed by atoms with Gasteiger partial charge in [-0.3, -0.25) is 4.57 Å². The normalized spacial score (nSPS) is 10.8. The van der Waals surface area contributed by atoms with Gasteiger partial charge in [-0.25, -0.2) is 4.79 Å². The summed E-state index contributed by atoms with van der Waals surface area (Å²) in [6.45, 7) is 2.07. The Hall–Kier alpha value is -3.38. The third kappa shape index (κ3) is 4.86. The van der Waals surface area contributed by atoms with Gasteiger partial charge in [0.05, 0.1) is 12.7 Å². The first-order valence-corrected chi connectivity index (χ1v) is 11.0. The highest BCUT2D eigenvalue weighted by Gasteiger charge is 2.17. The zero-order valence-electron chi connectivity index (χ0n) is 17.5. The van der Waals surface area contributed by atoms with Gasteiger partial charge in [-0.15, -0.1) is 10.2 Å². The highest BCUT2D eigenvalue weighted by atomic mass is 32.2. The monoisotopic (exact) mass is 429 g/mol. The number of ether oxygens (including phenoxy) is 1. The third-order valence-electron chi connectivity index (χ3n) is 4.98. The SMILES string of the molecule is COC(=O)c1ccccc1CSc1nnc(Cc2ccccc2)n1-c1ccc(C)cc1. The standard InChI is InChI=1S/C25H23N3O2S/c1-18-12-14-21(15-13-18)28-23(16-19-8-4-3-5-9-19)26-27-25(28)31-17-20-10-6-7-11-22(20)24(29)30-2/h3-15H,16-17H2,1-2H3. The molecule has 156 valence electrons. The van der Waals surface area contributed by atoms with Gasteiger partial charge in [0.2, 0.25) is 0 Å². The predicted molar refractivity (Wildman–Crippen MR) is 123 cm³/mol. The molecular formula is C25H23N3O2S. The molecule has 0 saturated carbocycles. The van der Waals surface area contributed by atoms with E-state index in [1.807, 2.05) is 36.4 Å². The van der Waals surface area contributed by atoms with Gasteiger partial charge in [0.15, 0.2) is 5.16 Å². The number of aromatic nitrogens is 3. The molecule has 6 heteroatoms. The Morgan fingerprint density at radius 1 is 0.935 bits per heavy atom. The number of rotatable bonds is 7. The van der Waals surface area contributed by atoms with Crippen LogP contribution in [0.25, 0.3) is 5.69 Å². The Balaban J connectivity index is 1.66. The van der Waals surface area contributed by atoms with E-state index >= 15 is 0 Å². The van der Waals surface area contributed by atoms with E-state index in [-0.39, 0.29) is 5.97 Å². The van der Waals surface area contributed by atoms with Crippen LogP contribution in [-0.2, 0) is 16.9 Å². The van der Waals surface area contributed by atoms with Gasteiger partial charge in [0, 0.05) is 17.9 Å². The minimum absolute atomic E-state index is 0.332. The molecule has 0 fully saturated rings. The highest BCUT2D eigenvalue weighted by molar-refractivity contribution is 7.98. The van der Waals surface area contributed by atoms with Crippen LogP contribution in [0.5, 0.6) is 0 Å². The van der Waals surface area contributed by atoms with Gasteiger partial charge in [0.25, 0.3) is 0 Å². The second-order valence-corrected chi connectivity index (χ2v) is 8.11. The van der Waals surface area contributed by atoms with Gasteiger partial charge < -0.3 is 4.74 Å². The van der Waals surface area contributed by atoms with Gasteiger partial charge in [-0.05, 0) is 36.2 Å². The first-order chi connectivity index (χ1) is 15.2. The molecule has 0 aliphatic carbocycles.